The van der Waals surface area contributed by atoms with Crippen LogP contribution in [0.25, 0.3) is 0 Å². The third-order valence-electron chi connectivity index (χ3n) is 3.77. The van der Waals surface area contributed by atoms with Gasteiger partial charge in [-0.3, -0.25) is 9.59 Å². The van der Waals surface area contributed by atoms with E-state index in [0.717, 1.165) is 12.5 Å². The van der Waals surface area contributed by atoms with Gasteiger partial charge in [0.2, 0.25) is 11.8 Å². The Balaban J connectivity index is 2.03. The van der Waals surface area contributed by atoms with Crippen LogP contribution in [0.2, 0.25) is 0 Å². The molecule has 1 aliphatic rings. The van der Waals surface area contributed by atoms with E-state index in [4.69, 9.17) is 0 Å². The number of nitrogens with zero attached hydrogens (tertiary/aromatic N) is 1. The Labute approximate surface area is 134 Å². The second kappa shape index (κ2) is 8.01. The Bertz CT molecular complexity index is 580. The molecule has 1 atom stereocenters. The van der Waals surface area contributed by atoms with Crippen molar-refractivity contribution < 1.29 is 18.4 Å². The number of halogens is 2. The van der Waals surface area contributed by atoms with Gasteiger partial charge >= 0.3 is 0 Å². The van der Waals surface area contributed by atoms with E-state index in [-0.39, 0.29) is 30.5 Å². The van der Waals surface area contributed by atoms with E-state index in [2.05, 4.69) is 10.6 Å². The van der Waals surface area contributed by atoms with E-state index >= 15 is 0 Å². The number of carbonyl (C=O) groups is 2. The van der Waals surface area contributed by atoms with Crippen LogP contribution < -0.4 is 10.6 Å². The van der Waals surface area contributed by atoms with E-state index in [1.807, 2.05) is 6.92 Å². The highest BCUT2D eigenvalue weighted by Gasteiger charge is 2.23. The first-order chi connectivity index (χ1) is 11.0. The zero-order valence-corrected chi connectivity index (χ0v) is 13.1. The smallest absolute Gasteiger partial charge is 0.240 e. The molecule has 0 aliphatic carbocycles. The van der Waals surface area contributed by atoms with Crippen molar-refractivity contribution in [3.05, 3.63) is 35.4 Å². The number of hydrogen-bond donors (Lipinski definition) is 2. The first-order valence-electron chi connectivity index (χ1n) is 7.74. The molecule has 2 rings (SSSR count). The standard InChI is InChI=1S/C16H21F2N3O2/c1-2-3-14(12-5-4-11(17)8-13(12)18)20-15(22)10-21-7-6-19-9-16(21)23/h4-5,8,14,19H,2-3,6-7,9-10H2,1H3,(H,20,22). The van der Waals surface area contributed by atoms with Gasteiger partial charge < -0.3 is 15.5 Å². The number of piperazine rings is 1. The van der Waals surface area contributed by atoms with Gasteiger partial charge in [0.1, 0.15) is 11.6 Å². The highest BCUT2D eigenvalue weighted by molar-refractivity contribution is 5.86. The van der Waals surface area contributed by atoms with Crippen LogP contribution in [0.3, 0.4) is 0 Å². The van der Waals surface area contributed by atoms with Crippen molar-refractivity contribution in [2.45, 2.75) is 25.8 Å². The minimum Gasteiger partial charge on any atom is -0.348 e. The summed E-state index contributed by atoms with van der Waals surface area (Å²) < 4.78 is 27.0. The lowest BCUT2D eigenvalue weighted by Gasteiger charge is -2.28. The van der Waals surface area contributed by atoms with E-state index in [1.54, 1.807) is 0 Å². The predicted octanol–water partition coefficient (Wildman–Crippen LogP) is 1.35. The zero-order valence-electron chi connectivity index (χ0n) is 13.1. The molecule has 126 valence electrons. The first kappa shape index (κ1) is 17.3. The Morgan fingerprint density at radius 2 is 2.22 bits per heavy atom. The van der Waals surface area contributed by atoms with Crippen LogP contribution >= 0.6 is 0 Å². The van der Waals surface area contributed by atoms with Crippen molar-refractivity contribution in [1.29, 1.82) is 0 Å². The maximum Gasteiger partial charge on any atom is 0.240 e. The molecule has 0 spiro atoms. The van der Waals surface area contributed by atoms with Crippen molar-refractivity contribution in [1.82, 2.24) is 15.5 Å². The van der Waals surface area contributed by atoms with E-state index in [0.29, 0.717) is 19.5 Å². The Morgan fingerprint density at radius 3 is 2.87 bits per heavy atom. The second-order valence-electron chi connectivity index (χ2n) is 5.57. The molecule has 5 nitrogen and oxygen atoms in total. The number of benzene rings is 1. The average Bonchev–Trinajstić information content (AvgIpc) is 2.49. The molecular formula is C16H21F2N3O2. The van der Waals surface area contributed by atoms with Crippen LogP contribution in [-0.4, -0.2) is 42.9 Å². The summed E-state index contributed by atoms with van der Waals surface area (Å²) in [6.07, 6.45) is 1.26. The van der Waals surface area contributed by atoms with Gasteiger partial charge in [0.15, 0.2) is 0 Å². The molecule has 0 saturated carbocycles. The third kappa shape index (κ3) is 4.72. The molecular weight excluding hydrogens is 304 g/mol. The van der Waals surface area contributed by atoms with E-state index < -0.39 is 17.7 Å². The number of rotatable bonds is 6. The summed E-state index contributed by atoms with van der Waals surface area (Å²) in [4.78, 5) is 25.3. The molecule has 1 heterocycles. The summed E-state index contributed by atoms with van der Waals surface area (Å²) in [7, 11) is 0. The highest BCUT2D eigenvalue weighted by atomic mass is 19.1. The Kier molecular flexibility index (Phi) is 6.04. The summed E-state index contributed by atoms with van der Waals surface area (Å²) in [6.45, 7) is 3.20. The minimum absolute atomic E-state index is 0.0520. The van der Waals surface area contributed by atoms with E-state index in [9.17, 15) is 18.4 Å². The number of amides is 2. The summed E-state index contributed by atoms with van der Waals surface area (Å²) in [5.74, 6) is -1.81. The van der Waals surface area contributed by atoms with Gasteiger partial charge in [0, 0.05) is 24.7 Å². The van der Waals surface area contributed by atoms with Crippen molar-refractivity contribution in [3.63, 3.8) is 0 Å². The van der Waals surface area contributed by atoms with Crippen LogP contribution in [0.1, 0.15) is 31.4 Å². The Hall–Kier alpha value is -2.02. The number of hydrogen-bond acceptors (Lipinski definition) is 3. The lowest BCUT2D eigenvalue weighted by molar-refractivity contribution is -0.137. The molecule has 0 bridgehead atoms. The molecule has 7 heteroatoms. The third-order valence-corrected chi connectivity index (χ3v) is 3.77. The van der Waals surface area contributed by atoms with Gasteiger partial charge in [-0.2, -0.15) is 0 Å². The van der Waals surface area contributed by atoms with Gasteiger partial charge in [-0.05, 0) is 12.5 Å². The zero-order chi connectivity index (χ0) is 16.8. The van der Waals surface area contributed by atoms with Gasteiger partial charge in [-0.25, -0.2) is 8.78 Å². The molecule has 1 aromatic rings. The fraction of sp³-hybridized carbons (Fsp3) is 0.500. The molecule has 1 unspecified atom stereocenters. The van der Waals surface area contributed by atoms with Gasteiger partial charge in [-0.1, -0.05) is 19.4 Å². The largest absolute Gasteiger partial charge is 0.348 e. The van der Waals surface area contributed by atoms with Crippen LogP contribution in [0.15, 0.2) is 18.2 Å². The lowest BCUT2D eigenvalue weighted by Crippen LogP contribution is -2.51. The first-order valence-corrected chi connectivity index (χ1v) is 7.74. The van der Waals surface area contributed by atoms with Crippen LogP contribution in [0, 0.1) is 11.6 Å². The topological polar surface area (TPSA) is 61.4 Å². The second-order valence-corrected chi connectivity index (χ2v) is 5.57. The van der Waals surface area contributed by atoms with Gasteiger partial charge in [-0.15, -0.1) is 0 Å². The molecule has 1 aromatic carbocycles. The number of nitrogens with one attached hydrogen (secondary N) is 2. The molecule has 1 fully saturated rings. The monoisotopic (exact) mass is 325 g/mol. The van der Waals surface area contributed by atoms with Crippen molar-refractivity contribution in [3.8, 4) is 0 Å². The molecule has 1 saturated heterocycles. The quantitative estimate of drug-likeness (QED) is 0.830. The molecule has 2 amide bonds. The van der Waals surface area contributed by atoms with E-state index in [1.165, 1.54) is 17.0 Å². The molecule has 2 N–H and O–H groups in total. The number of carbonyl (C=O) groups excluding carboxylic acids is 2. The maximum atomic E-state index is 13.9. The summed E-state index contributed by atoms with van der Waals surface area (Å²) in [6, 6.07) is 2.80. The summed E-state index contributed by atoms with van der Waals surface area (Å²) >= 11 is 0. The molecule has 0 aromatic heterocycles. The SMILES string of the molecule is CCCC(NC(=O)CN1CCNCC1=O)c1ccc(F)cc1F. The lowest BCUT2D eigenvalue weighted by atomic mass is 10.0. The van der Waals surface area contributed by atoms with Crippen LogP contribution in [0.5, 0.6) is 0 Å². The normalized spacial score (nSPS) is 16.3. The van der Waals surface area contributed by atoms with Crippen LogP contribution in [0.4, 0.5) is 8.78 Å². The molecule has 1 aliphatic heterocycles. The molecule has 23 heavy (non-hydrogen) atoms. The highest BCUT2D eigenvalue weighted by Crippen LogP contribution is 2.22. The van der Waals surface area contributed by atoms with Crippen molar-refractivity contribution >= 4 is 11.8 Å². The maximum absolute atomic E-state index is 13.9. The van der Waals surface area contributed by atoms with Crippen LogP contribution in [-0.2, 0) is 9.59 Å². The van der Waals surface area contributed by atoms with Gasteiger partial charge in [0.05, 0.1) is 19.1 Å². The average molecular weight is 325 g/mol. The summed E-state index contributed by atoms with van der Waals surface area (Å²) in [5, 5.41) is 5.68. The van der Waals surface area contributed by atoms with Crippen molar-refractivity contribution in [2.24, 2.45) is 0 Å². The minimum atomic E-state index is -0.679. The van der Waals surface area contributed by atoms with Gasteiger partial charge in [0.25, 0.3) is 0 Å². The fourth-order valence-corrected chi connectivity index (χ4v) is 2.60. The molecule has 0 radical (unpaired) electrons. The summed E-state index contributed by atoms with van der Waals surface area (Å²) in [5.41, 5.74) is 0.258. The fourth-order valence-electron chi connectivity index (χ4n) is 2.60. The van der Waals surface area contributed by atoms with Crippen molar-refractivity contribution in [2.75, 3.05) is 26.2 Å². The predicted molar refractivity (Wildman–Crippen MR) is 81.6 cm³/mol. The Morgan fingerprint density at radius 1 is 1.43 bits per heavy atom.